The minimum absolute atomic E-state index is 0.0407. The predicted molar refractivity (Wildman–Crippen MR) is 128 cm³/mol. The van der Waals surface area contributed by atoms with Crippen LogP contribution in [0.5, 0.6) is 0 Å². The molecule has 0 bridgehead atoms. The molecule has 0 aromatic heterocycles. The molecule has 2 aromatic carbocycles. The lowest BCUT2D eigenvalue weighted by Gasteiger charge is -2.29. The monoisotopic (exact) mass is 468 g/mol. The van der Waals surface area contributed by atoms with Crippen molar-refractivity contribution in [2.24, 2.45) is 5.41 Å². The Balaban J connectivity index is 1.51. The first-order chi connectivity index (χ1) is 16.1. The van der Waals surface area contributed by atoms with E-state index >= 15 is 0 Å². The van der Waals surface area contributed by atoms with E-state index in [-0.39, 0.29) is 25.5 Å². The van der Waals surface area contributed by atoms with E-state index in [1.54, 1.807) is 20.8 Å². The molecule has 182 valence electrons. The SMILES string of the molecule is COC(CCNC(=O)OCC1c2ccccc2-c2ccccc21)C(=O)N[C@@H](C(=O)O)C(C)(C)C. The maximum atomic E-state index is 12.5. The topological polar surface area (TPSA) is 114 Å². The quantitative estimate of drug-likeness (QED) is 0.519. The zero-order valence-electron chi connectivity index (χ0n) is 20.0. The van der Waals surface area contributed by atoms with E-state index in [0.717, 1.165) is 22.3 Å². The fourth-order valence-corrected chi connectivity index (χ4v) is 4.19. The van der Waals surface area contributed by atoms with Crippen molar-refractivity contribution in [3.05, 3.63) is 59.7 Å². The van der Waals surface area contributed by atoms with Gasteiger partial charge in [0.15, 0.2) is 0 Å². The number of benzene rings is 2. The molecule has 3 N–H and O–H groups in total. The van der Waals surface area contributed by atoms with Gasteiger partial charge in [-0.1, -0.05) is 69.3 Å². The lowest BCUT2D eigenvalue weighted by atomic mass is 9.86. The average molecular weight is 469 g/mol. The number of alkyl carbamates (subject to hydrolysis) is 1. The standard InChI is InChI=1S/C26H32N2O6/c1-26(2,3)22(24(30)31)28-23(29)21(33-4)13-14-27-25(32)34-15-20-18-11-7-5-9-16(18)17-10-6-8-12-19(17)20/h5-12,20-22H,13-15H2,1-4H3,(H,27,32)(H,28,29)(H,30,31)/t21?,22-/m0/s1. The summed E-state index contributed by atoms with van der Waals surface area (Å²) in [5.41, 5.74) is 3.88. The van der Waals surface area contributed by atoms with Gasteiger partial charge in [-0.05, 0) is 27.7 Å². The highest BCUT2D eigenvalue weighted by molar-refractivity contribution is 5.86. The summed E-state index contributed by atoms with van der Waals surface area (Å²) in [5.74, 6) is -1.70. The molecule has 2 aromatic rings. The number of hydrogen-bond donors (Lipinski definition) is 3. The molecule has 0 aliphatic heterocycles. The fourth-order valence-electron chi connectivity index (χ4n) is 4.19. The molecule has 0 spiro atoms. The summed E-state index contributed by atoms with van der Waals surface area (Å²) in [4.78, 5) is 36.3. The lowest BCUT2D eigenvalue weighted by molar-refractivity contribution is -0.147. The summed E-state index contributed by atoms with van der Waals surface area (Å²) in [5, 5.41) is 14.6. The van der Waals surface area contributed by atoms with Gasteiger partial charge < -0.3 is 25.2 Å². The zero-order chi connectivity index (χ0) is 24.9. The van der Waals surface area contributed by atoms with Crippen molar-refractivity contribution in [3.8, 4) is 11.1 Å². The van der Waals surface area contributed by atoms with Gasteiger partial charge in [0.1, 0.15) is 18.8 Å². The number of fused-ring (bicyclic) bond motifs is 3. The molecule has 1 unspecified atom stereocenters. The van der Waals surface area contributed by atoms with Crippen molar-refractivity contribution < 1.29 is 29.0 Å². The number of methoxy groups -OCH3 is 1. The van der Waals surface area contributed by atoms with E-state index in [0.29, 0.717) is 0 Å². The number of carbonyl (C=O) groups is 3. The summed E-state index contributed by atoms with van der Waals surface area (Å²) >= 11 is 0. The second-order valence-corrected chi connectivity index (χ2v) is 9.41. The van der Waals surface area contributed by atoms with Gasteiger partial charge in [-0.2, -0.15) is 0 Å². The second-order valence-electron chi connectivity index (χ2n) is 9.41. The summed E-state index contributed by atoms with van der Waals surface area (Å²) in [6.45, 7) is 5.52. The van der Waals surface area contributed by atoms with Crippen LogP contribution in [-0.2, 0) is 19.1 Å². The number of amides is 2. The number of carboxylic acids is 1. The number of rotatable bonds is 9. The number of carbonyl (C=O) groups excluding carboxylic acids is 2. The first kappa shape index (κ1) is 25.2. The van der Waals surface area contributed by atoms with Crippen LogP contribution in [0, 0.1) is 5.41 Å². The van der Waals surface area contributed by atoms with Gasteiger partial charge in [0, 0.05) is 26.0 Å². The van der Waals surface area contributed by atoms with Gasteiger partial charge >= 0.3 is 12.1 Å². The molecule has 0 radical (unpaired) electrons. The third-order valence-electron chi connectivity index (χ3n) is 6.00. The Labute approximate surface area is 199 Å². The molecule has 2 atom stereocenters. The number of ether oxygens (including phenoxy) is 2. The third-order valence-corrected chi connectivity index (χ3v) is 6.00. The molecule has 2 amide bonds. The Hall–Kier alpha value is -3.39. The largest absolute Gasteiger partial charge is 0.480 e. The molecule has 8 nitrogen and oxygen atoms in total. The van der Waals surface area contributed by atoms with Gasteiger partial charge in [0.25, 0.3) is 0 Å². The molecular weight excluding hydrogens is 436 g/mol. The Kier molecular flexibility index (Phi) is 7.94. The lowest BCUT2D eigenvalue weighted by Crippen LogP contribution is -2.52. The molecule has 0 saturated heterocycles. The first-order valence-corrected chi connectivity index (χ1v) is 11.3. The molecule has 1 aliphatic carbocycles. The first-order valence-electron chi connectivity index (χ1n) is 11.3. The van der Waals surface area contributed by atoms with Crippen molar-refractivity contribution in [2.45, 2.75) is 45.3 Å². The number of nitrogens with one attached hydrogen (secondary N) is 2. The molecule has 0 fully saturated rings. The second kappa shape index (κ2) is 10.7. The van der Waals surface area contributed by atoms with Crippen LogP contribution in [0.25, 0.3) is 11.1 Å². The summed E-state index contributed by atoms with van der Waals surface area (Å²) in [6.07, 6.45) is -1.32. The van der Waals surface area contributed by atoms with Crippen LogP contribution in [0.1, 0.15) is 44.2 Å². The van der Waals surface area contributed by atoms with Crippen LogP contribution in [0.3, 0.4) is 0 Å². The van der Waals surface area contributed by atoms with Crippen LogP contribution >= 0.6 is 0 Å². The number of carboxylic acid groups (broad SMARTS) is 1. The van der Waals surface area contributed by atoms with Crippen molar-refractivity contribution >= 4 is 18.0 Å². The Bertz CT molecular complexity index is 1000. The van der Waals surface area contributed by atoms with Crippen molar-refractivity contribution in [3.63, 3.8) is 0 Å². The van der Waals surface area contributed by atoms with E-state index in [1.165, 1.54) is 7.11 Å². The maximum Gasteiger partial charge on any atom is 0.407 e. The highest BCUT2D eigenvalue weighted by atomic mass is 16.5. The van der Waals surface area contributed by atoms with Gasteiger partial charge in [-0.3, -0.25) is 4.79 Å². The van der Waals surface area contributed by atoms with Crippen molar-refractivity contribution in [2.75, 3.05) is 20.3 Å². The molecule has 0 saturated carbocycles. The highest BCUT2D eigenvalue weighted by Crippen LogP contribution is 2.44. The van der Waals surface area contributed by atoms with Crippen LogP contribution in [-0.4, -0.2) is 55.5 Å². The van der Waals surface area contributed by atoms with Crippen LogP contribution < -0.4 is 10.6 Å². The molecule has 0 heterocycles. The molecule has 3 rings (SSSR count). The number of aliphatic carboxylic acids is 1. The van der Waals surface area contributed by atoms with Gasteiger partial charge in [0.05, 0.1) is 0 Å². The van der Waals surface area contributed by atoms with Crippen LogP contribution in [0.4, 0.5) is 4.79 Å². The maximum absolute atomic E-state index is 12.5. The minimum atomic E-state index is -1.12. The van der Waals surface area contributed by atoms with Crippen LogP contribution in [0.2, 0.25) is 0 Å². The Morgan fingerprint density at radius 3 is 2.06 bits per heavy atom. The number of hydrogen-bond acceptors (Lipinski definition) is 5. The smallest absolute Gasteiger partial charge is 0.407 e. The van der Waals surface area contributed by atoms with Crippen molar-refractivity contribution in [1.29, 1.82) is 0 Å². The Morgan fingerprint density at radius 1 is 1.00 bits per heavy atom. The summed E-state index contributed by atoms with van der Waals surface area (Å²) in [7, 11) is 1.37. The summed E-state index contributed by atoms with van der Waals surface area (Å²) < 4.78 is 10.7. The summed E-state index contributed by atoms with van der Waals surface area (Å²) in [6, 6.07) is 15.1. The molecular formula is C26H32N2O6. The highest BCUT2D eigenvalue weighted by Gasteiger charge is 2.34. The Morgan fingerprint density at radius 2 is 1.56 bits per heavy atom. The molecule has 34 heavy (non-hydrogen) atoms. The minimum Gasteiger partial charge on any atom is -0.480 e. The van der Waals surface area contributed by atoms with Gasteiger partial charge in [-0.15, -0.1) is 0 Å². The van der Waals surface area contributed by atoms with E-state index in [2.05, 4.69) is 22.8 Å². The zero-order valence-corrected chi connectivity index (χ0v) is 20.0. The van der Waals surface area contributed by atoms with E-state index in [9.17, 15) is 19.5 Å². The van der Waals surface area contributed by atoms with Gasteiger partial charge in [-0.25, -0.2) is 9.59 Å². The van der Waals surface area contributed by atoms with E-state index in [4.69, 9.17) is 9.47 Å². The predicted octanol–water partition coefficient (Wildman–Crippen LogP) is 3.55. The normalized spacial score (nSPS) is 14.5. The van der Waals surface area contributed by atoms with Gasteiger partial charge in [0.2, 0.25) is 5.91 Å². The van der Waals surface area contributed by atoms with E-state index < -0.39 is 35.5 Å². The molecule has 1 aliphatic rings. The van der Waals surface area contributed by atoms with E-state index in [1.807, 2.05) is 36.4 Å². The average Bonchev–Trinajstić information content (AvgIpc) is 3.11. The fraction of sp³-hybridized carbons (Fsp3) is 0.423. The molecule has 8 heteroatoms. The third kappa shape index (κ3) is 5.75. The van der Waals surface area contributed by atoms with Crippen LogP contribution in [0.15, 0.2) is 48.5 Å². The van der Waals surface area contributed by atoms with Crippen molar-refractivity contribution in [1.82, 2.24) is 10.6 Å².